The van der Waals surface area contributed by atoms with Crippen LogP contribution in [-0.4, -0.2) is 226 Å². The van der Waals surface area contributed by atoms with Crippen molar-refractivity contribution in [3.8, 4) is 0 Å². The second-order valence-electron chi connectivity index (χ2n) is 18.5. The summed E-state index contributed by atoms with van der Waals surface area (Å²) in [5.41, 5.74) is 0. The molecule has 30 nitrogen and oxygen atoms in total. The third kappa shape index (κ3) is 165. The predicted molar refractivity (Wildman–Crippen MR) is 265 cm³/mol. The molecule has 0 heterocycles. The number of carbonyl (C=O) groups excluding carboxylic acids is 6. The molecule has 0 aliphatic heterocycles. The van der Waals surface area contributed by atoms with E-state index in [2.05, 4.69) is 84.6 Å². The summed E-state index contributed by atoms with van der Waals surface area (Å²) in [7, 11) is 26.2. The second-order valence-corrected chi connectivity index (χ2v) is 18.5. The third-order valence-electron chi connectivity index (χ3n) is 8.00. The fourth-order valence-electron chi connectivity index (χ4n) is 3.80. The molecule has 12 N–H and O–H groups in total. The summed E-state index contributed by atoms with van der Waals surface area (Å²) in [6.07, 6.45) is -0.762. The highest BCUT2D eigenvalue weighted by Gasteiger charge is 2.00. The zero-order valence-electron chi connectivity index (χ0n) is 48.0. The number of likely N-dealkylation sites (N-methyl/N-ethyl adjacent to an activating group) is 6. The minimum Gasteiger partial charge on any atom is -0.550 e. The number of hydrogen-bond donors (Lipinski definition) is 12. The highest BCUT2D eigenvalue weighted by atomic mass is 16.4. The van der Waals surface area contributed by atoms with Gasteiger partial charge in [0.2, 0.25) is 0 Å². The number of nitrogens with one attached hydrogen (secondary N) is 6. The topological polar surface area (TPSA) is 491 Å². The minimum absolute atomic E-state index is 0.103. The zero-order chi connectivity index (χ0) is 63.4. The standard InChI is InChI=1S/3C6H16N2.6C5H8O4/c3*1-7(2)5-6-8(3)4;6*6-4(7)2-1-3-5(8)9/h3*5-6H2,1-4H3;6*1-3H2,(H,6,7)(H,8,9). The van der Waals surface area contributed by atoms with E-state index < -0.39 is 71.6 Å². The molecular weight excluding hydrogens is 1040 g/mol. The molecule has 0 rings (SSSR count). The van der Waals surface area contributed by atoms with Crippen molar-refractivity contribution < 1.29 is 148 Å². The van der Waals surface area contributed by atoms with Gasteiger partial charge in [0.15, 0.2) is 0 Å². The first kappa shape index (κ1) is 90.9. The molecular formula is C48H96N6O24. The summed E-state index contributed by atoms with van der Waals surface area (Å²) >= 11 is 0. The number of carbonyl (C=O) groups is 12. The van der Waals surface area contributed by atoms with Gasteiger partial charge in [0, 0.05) is 74.3 Å². The Morgan fingerprint density at radius 3 is 0.359 bits per heavy atom. The number of quaternary nitrogens is 6. The Kier molecular flexibility index (Phi) is 77.5. The molecule has 0 aromatic carbocycles. The summed E-state index contributed by atoms with van der Waals surface area (Å²) < 4.78 is 0. The molecule has 0 aromatic heterocycles. The Bertz CT molecular complexity index is 1220. The average molecular weight is 1140 g/mol. The maximum Gasteiger partial charge on any atom is 0.303 e. The Morgan fingerprint density at radius 1 is 0.218 bits per heavy atom. The third-order valence-corrected chi connectivity index (χ3v) is 8.00. The van der Waals surface area contributed by atoms with Crippen LogP contribution in [0.2, 0.25) is 0 Å². The fraction of sp³-hybridized carbons (Fsp3) is 0.750. The van der Waals surface area contributed by atoms with E-state index in [1.165, 1.54) is 68.7 Å². The van der Waals surface area contributed by atoms with Crippen LogP contribution in [0.4, 0.5) is 0 Å². The lowest BCUT2D eigenvalue weighted by Gasteiger charge is -2.09. The molecule has 0 bridgehead atoms. The largest absolute Gasteiger partial charge is 0.550 e. The van der Waals surface area contributed by atoms with Crippen molar-refractivity contribution >= 4 is 71.6 Å². The van der Waals surface area contributed by atoms with Gasteiger partial charge in [-0.3, -0.25) is 28.8 Å². The molecule has 0 unspecified atom stereocenters. The highest BCUT2D eigenvalue weighted by molar-refractivity contribution is 5.71. The molecule has 0 fully saturated rings. The summed E-state index contributed by atoms with van der Waals surface area (Å²) in [5.74, 6) is -13.0. The quantitative estimate of drug-likeness (QED) is 0.0290. The van der Waals surface area contributed by atoms with Crippen molar-refractivity contribution in [3.63, 3.8) is 0 Å². The van der Waals surface area contributed by atoms with Crippen LogP contribution >= 0.6 is 0 Å². The van der Waals surface area contributed by atoms with Crippen LogP contribution in [0, 0.1) is 0 Å². The van der Waals surface area contributed by atoms with Gasteiger partial charge in [-0.1, -0.05) is 0 Å². The van der Waals surface area contributed by atoms with Crippen molar-refractivity contribution in [1.29, 1.82) is 0 Å². The normalized spacial score (nSPS) is 9.62. The maximum atomic E-state index is 9.77. The van der Waals surface area contributed by atoms with E-state index in [9.17, 15) is 88.2 Å². The van der Waals surface area contributed by atoms with Crippen LogP contribution in [-0.2, 0) is 57.5 Å². The zero-order valence-corrected chi connectivity index (χ0v) is 48.0. The molecule has 0 saturated heterocycles. The van der Waals surface area contributed by atoms with Gasteiger partial charge in [0.05, 0.1) is 84.6 Å². The first-order valence-corrected chi connectivity index (χ1v) is 24.9. The molecule has 0 spiro atoms. The van der Waals surface area contributed by atoms with E-state index in [0.717, 1.165) is 0 Å². The minimum atomic E-state index is -1.20. The smallest absolute Gasteiger partial charge is 0.303 e. The predicted octanol–water partition coefficient (Wildman–Crippen LogP) is -14.2. The van der Waals surface area contributed by atoms with Gasteiger partial charge in [0.25, 0.3) is 0 Å². The van der Waals surface area contributed by atoms with Crippen LogP contribution in [0.3, 0.4) is 0 Å². The van der Waals surface area contributed by atoms with Crippen molar-refractivity contribution in [3.05, 3.63) is 0 Å². The maximum absolute atomic E-state index is 9.77. The van der Waals surface area contributed by atoms with Gasteiger partial charge < -0.3 is 119 Å². The second kappa shape index (κ2) is 66.5. The molecule has 0 saturated carbocycles. The van der Waals surface area contributed by atoms with Crippen LogP contribution in [0.1, 0.15) is 116 Å². The SMILES string of the molecule is C[NH+](C)CC[NH+](C)C.C[NH+](C)CC[NH+](C)C.C[NH+](C)CC[NH+](C)C.O=C([O-])CCCC(=O)O.O=C([O-])CCCC(=O)O.O=C([O-])CCCC(=O)O.O=C([O-])CCCC(=O)O.O=C([O-])CCCC(=O)O.O=C([O-])CCCC(=O)O. The first-order valence-electron chi connectivity index (χ1n) is 24.9. The van der Waals surface area contributed by atoms with Gasteiger partial charge in [-0.2, -0.15) is 0 Å². The Balaban J connectivity index is -0.0000000981. The summed E-state index contributed by atoms with van der Waals surface area (Å²) in [6.45, 7) is 7.60. The summed E-state index contributed by atoms with van der Waals surface area (Å²) in [4.78, 5) is 126. The monoisotopic (exact) mass is 1140 g/mol. The lowest BCUT2D eigenvalue weighted by molar-refractivity contribution is -0.918. The molecule has 0 aliphatic rings. The van der Waals surface area contributed by atoms with Gasteiger partial charge in [-0.25, -0.2) is 0 Å². The molecule has 0 amide bonds. The van der Waals surface area contributed by atoms with Crippen LogP contribution in [0.15, 0.2) is 0 Å². The van der Waals surface area contributed by atoms with E-state index in [-0.39, 0.29) is 116 Å². The number of aliphatic carboxylic acids is 12. The average Bonchev–Trinajstić information content (AvgIpc) is 3.24. The Hall–Kier alpha value is -6.60. The molecule has 462 valence electrons. The van der Waals surface area contributed by atoms with Crippen molar-refractivity contribution in [2.75, 3.05) is 124 Å². The molecule has 78 heavy (non-hydrogen) atoms. The molecule has 0 aliphatic carbocycles. The Labute approximate surface area is 458 Å². The van der Waals surface area contributed by atoms with Crippen LogP contribution in [0.25, 0.3) is 0 Å². The Morgan fingerprint density at radius 2 is 0.308 bits per heavy atom. The number of hydrogen-bond acceptors (Lipinski definition) is 18. The van der Waals surface area contributed by atoms with E-state index in [1.54, 1.807) is 0 Å². The first-order chi connectivity index (χ1) is 35.6. The fourth-order valence-corrected chi connectivity index (χ4v) is 3.80. The van der Waals surface area contributed by atoms with Gasteiger partial charge in [-0.05, 0) is 77.0 Å². The van der Waals surface area contributed by atoms with Crippen LogP contribution < -0.4 is 60.0 Å². The lowest BCUT2D eigenvalue weighted by atomic mass is 10.2. The molecule has 0 atom stereocenters. The number of rotatable bonds is 33. The van der Waals surface area contributed by atoms with Crippen molar-refractivity contribution in [2.45, 2.75) is 116 Å². The summed E-state index contributed by atoms with van der Waals surface area (Å²) in [6, 6.07) is 0. The molecule has 0 radical (unpaired) electrons. The number of carboxylic acid groups (broad SMARTS) is 12. The van der Waals surface area contributed by atoms with E-state index in [0.29, 0.717) is 0 Å². The van der Waals surface area contributed by atoms with Gasteiger partial charge >= 0.3 is 35.8 Å². The summed E-state index contributed by atoms with van der Waals surface area (Å²) in [5, 5.41) is 106. The molecule has 0 aromatic rings. The van der Waals surface area contributed by atoms with Crippen molar-refractivity contribution in [1.82, 2.24) is 0 Å². The lowest BCUT2D eigenvalue weighted by Crippen LogP contribution is -3.14. The van der Waals surface area contributed by atoms with E-state index in [4.69, 9.17) is 30.6 Å². The van der Waals surface area contributed by atoms with E-state index in [1.807, 2.05) is 0 Å². The number of carboxylic acids is 12. The van der Waals surface area contributed by atoms with E-state index >= 15 is 0 Å². The van der Waals surface area contributed by atoms with Gasteiger partial charge in [0.1, 0.15) is 39.3 Å². The van der Waals surface area contributed by atoms with Crippen LogP contribution in [0.5, 0.6) is 0 Å². The highest BCUT2D eigenvalue weighted by Crippen LogP contribution is 1.95. The molecule has 30 heteroatoms. The van der Waals surface area contributed by atoms with Gasteiger partial charge in [-0.15, -0.1) is 0 Å². The van der Waals surface area contributed by atoms with Crippen molar-refractivity contribution in [2.24, 2.45) is 0 Å².